The van der Waals surface area contributed by atoms with Gasteiger partial charge >= 0.3 is 0 Å². The molecule has 0 atom stereocenters. The standard InChI is InChI=1S/C8H5F3N2O/c1-14-8-5(9)2-4(7(10)11)6(3-12)13-8/h2,7H,1H3. The van der Waals surface area contributed by atoms with E-state index >= 15 is 0 Å². The molecule has 0 N–H and O–H groups in total. The molecule has 0 saturated carbocycles. The summed E-state index contributed by atoms with van der Waals surface area (Å²) in [7, 11) is 1.13. The van der Waals surface area contributed by atoms with Gasteiger partial charge in [-0.15, -0.1) is 0 Å². The summed E-state index contributed by atoms with van der Waals surface area (Å²) in [4.78, 5) is 3.29. The van der Waals surface area contributed by atoms with Crippen LogP contribution in [0.25, 0.3) is 0 Å². The molecule has 0 aliphatic rings. The van der Waals surface area contributed by atoms with Gasteiger partial charge in [-0.3, -0.25) is 0 Å². The third kappa shape index (κ3) is 1.76. The first-order chi connectivity index (χ1) is 6.60. The highest BCUT2D eigenvalue weighted by atomic mass is 19.3. The molecular formula is C8H5F3N2O. The number of aromatic nitrogens is 1. The van der Waals surface area contributed by atoms with Crippen molar-refractivity contribution in [1.29, 1.82) is 5.26 Å². The van der Waals surface area contributed by atoms with Crippen molar-refractivity contribution in [2.75, 3.05) is 7.11 Å². The summed E-state index contributed by atoms with van der Waals surface area (Å²) in [6, 6.07) is 1.99. The van der Waals surface area contributed by atoms with Crippen molar-refractivity contribution in [3.63, 3.8) is 0 Å². The normalized spacial score (nSPS) is 10.0. The lowest BCUT2D eigenvalue weighted by molar-refractivity contribution is 0.149. The molecule has 0 aliphatic carbocycles. The van der Waals surface area contributed by atoms with Crippen molar-refractivity contribution in [3.8, 4) is 11.9 Å². The molecule has 74 valence electrons. The summed E-state index contributed by atoms with van der Waals surface area (Å²) < 4.78 is 41.8. The number of nitrogens with zero attached hydrogens (tertiary/aromatic N) is 2. The lowest BCUT2D eigenvalue weighted by atomic mass is 10.2. The van der Waals surface area contributed by atoms with Crippen molar-refractivity contribution >= 4 is 0 Å². The number of alkyl halides is 2. The average Bonchev–Trinajstić information content (AvgIpc) is 2.17. The molecule has 0 unspecified atom stereocenters. The predicted molar refractivity (Wildman–Crippen MR) is 40.4 cm³/mol. The van der Waals surface area contributed by atoms with Crippen LogP contribution in [0.1, 0.15) is 17.7 Å². The van der Waals surface area contributed by atoms with Gasteiger partial charge < -0.3 is 4.74 Å². The second kappa shape index (κ2) is 3.96. The summed E-state index contributed by atoms with van der Waals surface area (Å²) in [6.07, 6.45) is -2.93. The van der Waals surface area contributed by atoms with Crippen LogP contribution in [0.4, 0.5) is 13.2 Å². The fourth-order valence-electron chi connectivity index (χ4n) is 0.885. The summed E-state index contributed by atoms with van der Waals surface area (Å²) in [5.74, 6) is -1.48. The van der Waals surface area contributed by atoms with Gasteiger partial charge in [0.25, 0.3) is 12.3 Å². The highest BCUT2D eigenvalue weighted by Crippen LogP contribution is 2.25. The SMILES string of the molecule is COc1nc(C#N)c(C(F)F)cc1F. The Labute approximate surface area is 77.7 Å². The minimum Gasteiger partial charge on any atom is -0.479 e. The predicted octanol–water partition coefficient (Wildman–Crippen LogP) is 2.04. The summed E-state index contributed by atoms with van der Waals surface area (Å²) in [5, 5.41) is 8.45. The summed E-state index contributed by atoms with van der Waals surface area (Å²) in [6.45, 7) is 0. The van der Waals surface area contributed by atoms with Gasteiger partial charge in [0.2, 0.25) is 0 Å². The van der Waals surface area contributed by atoms with Gasteiger partial charge in [-0.25, -0.2) is 13.2 Å². The zero-order chi connectivity index (χ0) is 10.7. The number of rotatable bonds is 2. The highest BCUT2D eigenvalue weighted by Gasteiger charge is 2.18. The maximum atomic E-state index is 12.9. The van der Waals surface area contributed by atoms with Crippen LogP contribution in [-0.2, 0) is 0 Å². The summed E-state index contributed by atoms with van der Waals surface area (Å²) >= 11 is 0. The van der Waals surface area contributed by atoms with Crippen molar-refractivity contribution in [2.45, 2.75) is 6.43 Å². The smallest absolute Gasteiger partial charge is 0.266 e. The second-order valence-corrected chi connectivity index (χ2v) is 2.33. The molecule has 1 aromatic rings. The van der Waals surface area contributed by atoms with E-state index in [0.29, 0.717) is 6.07 Å². The molecule has 1 aromatic heterocycles. The van der Waals surface area contributed by atoms with E-state index < -0.39 is 29.4 Å². The first-order valence-electron chi connectivity index (χ1n) is 3.52. The van der Waals surface area contributed by atoms with E-state index in [0.717, 1.165) is 7.11 Å². The Kier molecular flexibility index (Phi) is 2.92. The van der Waals surface area contributed by atoms with Gasteiger partial charge in [-0.1, -0.05) is 0 Å². The van der Waals surface area contributed by atoms with E-state index in [1.165, 1.54) is 6.07 Å². The molecule has 0 bridgehead atoms. The number of methoxy groups -OCH3 is 1. The van der Waals surface area contributed by atoms with Gasteiger partial charge in [0, 0.05) is 0 Å². The molecule has 0 amide bonds. The topological polar surface area (TPSA) is 45.9 Å². The van der Waals surface area contributed by atoms with E-state index in [-0.39, 0.29) is 0 Å². The minimum absolute atomic E-state index is 0.467. The van der Waals surface area contributed by atoms with E-state index in [4.69, 9.17) is 5.26 Å². The average molecular weight is 202 g/mol. The second-order valence-electron chi connectivity index (χ2n) is 2.33. The fourth-order valence-corrected chi connectivity index (χ4v) is 0.885. The molecule has 0 radical (unpaired) electrons. The van der Waals surface area contributed by atoms with Crippen LogP contribution in [-0.4, -0.2) is 12.1 Å². The number of nitriles is 1. The Morgan fingerprint density at radius 2 is 2.21 bits per heavy atom. The molecule has 14 heavy (non-hydrogen) atoms. The van der Waals surface area contributed by atoms with Gasteiger partial charge in [-0.2, -0.15) is 10.2 Å². The lowest BCUT2D eigenvalue weighted by Crippen LogP contribution is -2.00. The zero-order valence-electron chi connectivity index (χ0n) is 7.09. The van der Waals surface area contributed by atoms with E-state index in [9.17, 15) is 13.2 Å². The molecular weight excluding hydrogens is 197 g/mol. The van der Waals surface area contributed by atoms with E-state index in [1.807, 2.05) is 0 Å². The third-order valence-corrected chi connectivity index (χ3v) is 1.51. The van der Waals surface area contributed by atoms with Crippen LogP contribution in [0.15, 0.2) is 6.07 Å². The molecule has 0 aromatic carbocycles. The molecule has 1 heterocycles. The van der Waals surface area contributed by atoms with Gasteiger partial charge in [0.05, 0.1) is 12.7 Å². The Hall–Kier alpha value is -1.77. The molecule has 0 aliphatic heterocycles. The summed E-state index contributed by atoms with van der Waals surface area (Å²) in [5.41, 5.74) is -1.26. The Morgan fingerprint density at radius 3 is 2.64 bits per heavy atom. The molecule has 0 saturated heterocycles. The van der Waals surface area contributed by atoms with E-state index in [1.54, 1.807) is 0 Å². The van der Waals surface area contributed by atoms with Gasteiger partial charge in [0.15, 0.2) is 11.5 Å². The number of ether oxygens (including phenoxy) is 1. The van der Waals surface area contributed by atoms with Crippen LogP contribution in [0.2, 0.25) is 0 Å². The largest absolute Gasteiger partial charge is 0.479 e. The first-order valence-corrected chi connectivity index (χ1v) is 3.52. The third-order valence-electron chi connectivity index (χ3n) is 1.51. The van der Waals surface area contributed by atoms with Crippen LogP contribution in [0.5, 0.6) is 5.88 Å². The molecule has 6 heteroatoms. The molecule has 0 fully saturated rings. The number of halogens is 3. The van der Waals surface area contributed by atoms with Gasteiger partial charge in [0.1, 0.15) is 6.07 Å². The van der Waals surface area contributed by atoms with Crippen LogP contribution in [0.3, 0.4) is 0 Å². The Morgan fingerprint density at radius 1 is 1.57 bits per heavy atom. The maximum Gasteiger partial charge on any atom is 0.266 e. The van der Waals surface area contributed by atoms with Crippen LogP contribution >= 0.6 is 0 Å². The van der Waals surface area contributed by atoms with Gasteiger partial charge in [-0.05, 0) is 6.07 Å². The van der Waals surface area contributed by atoms with E-state index in [2.05, 4.69) is 9.72 Å². The number of hydrogen-bond donors (Lipinski definition) is 0. The molecule has 1 rings (SSSR count). The maximum absolute atomic E-state index is 12.9. The zero-order valence-corrected chi connectivity index (χ0v) is 7.09. The first kappa shape index (κ1) is 10.3. The fraction of sp³-hybridized carbons (Fsp3) is 0.250. The number of hydrogen-bond acceptors (Lipinski definition) is 3. The van der Waals surface area contributed by atoms with Crippen LogP contribution < -0.4 is 4.74 Å². The Bertz CT molecular complexity index is 387. The van der Waals surface area contributed by atoms with Crippen molar-refractivity contribution in [2.24, 2.45) is 0 Å². The Balaban J connectivity index is 3.33. The molecule has 0 spiro atoms. The van der Waals surface area contributed by atoms with Crippen molar-refractivity contribution in [1.82, 2.24) is 4.98 Å². The minimum atomic E-state index is -2.93. The van der Waals surface area contributed by atoms with Crippen LogP contribution in [0, 0.1) is 17.1 Å². The lowest BCUT2D eigenvalue weighted by Gasteiger charge is -2.05. The monoisotopic (exact) mass is 202 g/mol. The quantitative estimate of drug-likeness (QED) is 0.737. The molecule has 3 nitrogen and oxygen atoms in total. The van der Waals surface area contributed by atoms with Crippen molar-refractivity contribution < 1.29 is 17.9 Å². The number of pyridine rings is 1. The van der Waals surface area contributed by atoms with Crippen molar-refractivity contribution in [3.05, 3.63) is 23.1 Å². The highest BCUT2D eigenvalue weighted by molar-refractivity contribution is 5.36.